The van der Waals surface area contributed by atoms with Crippen LogP contribution < -0.4 is 0 Å². The summed E-state index contributed by atoms with van der Waals surface area (Å²) in [6.45, 7) is 4.73. The van der Waals surface area contributed by atoms with Crippen molar-refractivity contribution < 1.29 is 0 Å². The van der Waals surface area contributed by atoms with Gasteiger partial charge in [0.2, 0.25) is 0 Å². The van der Waals surface area contributed by atoms with Gasteiger partial charge in [0.15, 0.2) is 5.82 Å². The van der Waals surface area contributed by atoms with E-state index in [0.29, 0.717) is 5.82 Å². The summed E-state index contributed by atoms with van der Waals surface area (Å²) in [6.07, 6.45) is 0. The van der Waals surface area contributed by atoms with E-state index in [2.05, 4.69) is 220 Å². The van der Waals surface area contributed by atoms with Crippen molar-refractivity contribution in [3.63, 3.8) is 0 Å². The predicted molar refractivity (Wildman–Crippen MR) is 247 cm³/mol. The summed E-state index contributed by atoms with van der Waals surface area (Å²) in [7, 11) is 0. The molecule has 0 spiro atoms. The number of benzene rings is 9. The van der Waals surface area contributed by atoms with Gasteiger partial charge in [0.05, 0.1) is 11.4 Å². The van der Waals surface area contributed by atoms with Crippen LogP contribution in [0.15, 0.2) is 206 Å². The number of aromatic nitrogens is 2. The Kier molecular flexibility index (Phi) is 8.20. The van der Waals surface area contributed by atoms with Gasteiger partial charge >= 0.3 is 0 Å². The molecule has 0 aliphatic heterocycles. The number of rotatable bonds is 6. The lowest BCUT2D eigenvalue weighted by Crippen LogP contribution is -2.15. The van der Waals surface area contributed by atoms with Gasteiger partial charge in [-0.15, -0.1) is 0 Å². The van der Waals surface area contributed by atoms with Gasteiger partial charge in [-0.05, 0) is 101 Å². The number of hydrogen-bond donors (Lipinski definition) is 0. The highest BCUT2D eigenvalue weighted by atomic mass is 14.9. The van der Waals surface area contributed by atoms with E-state index in [1.54, 1.807) is 0 Å². The maximum atomic E-state index is 5.44. The first-order valence-corrected chi connectivity index (χ1v) is 20.4. The molecule has 0 amide bonds. The Hall–Kier alpha value is -7.42. The molecule has 9 aromatic carbocycles. The molecule has 2 nitrogen and oxygen atoms in total. The fourth-order valence-corrected chi connectivity index (χ4v) is 9.32. The van der Waals surface area contributed by atoms with Crippen molar-refractivity contribution in [2.45, 2.75) is 19.3 Å². The van der Waals surface area contributed by atoms with Crippen LogP contribution in [-0.4, -0.2) is 9.97 Å². The molecule has 1 aliphatic carbocycles. The Bertz CT molecular complexity index is 3220. The Morgan fingerprint density at radius 1 is 0.322 bits per heavy atom. The molecule has 1 heterocycles. The first-order valence-electron chi connectivity index (χ1n) is 20.4. The first kappa shape index (κ1) is 34.8. The van der Waals surface area contributed by atoms with Crippen LogP contribution in [0, 0.1) is 0 Å². The third-order valence-corrected chi connectivity index (χ3v) is 12.3. The molecule has 11 rings (SSSR count). The zero-order valence-electron chi connectivity index (χ0n) is 33.0. The quantitative estimate of drug-likeness (QED) is 0.169. The molecular formula is C57H40N2. The Morgan fingerprint density at radius 3 is 1.63 bits per heavy atom. The Morgan fingerprint density at radius 2 is 0.881 bits per heavy atom. The number of nitrogens with zero attached hydrogens (tertiary/aromatic N) is 2. The summed E-state index contributed by atoms with van der Waals surface area (Å²) in [4.78, 5) is 10.8. The molecule has 278 valence electrons. The molecular weight excluding hydrogens is 713 g/mol. The monoisotopic (exact) mass is 752 g/mol. The van der Waals surface area contributed by atoms with Gasteiger partial charge in [-0.3, -0.25) is 0 Å². The zero-order valence-corrected chi connectivity index (χ0v) is 33.0. The molecule has 1 aliphatic rings. The molecule has 0 N–H and O–H groups in total. The van der Waals surface area contributed by atoms with Crippen LogP contribution in [-0.2, 0) is 5.41 Å². The highest BCUT2D eigenvalue weighted by Gasteiger charge is 2.36. The van der Waals surface area contributed by atoms with Gasteiger partial charge in [0.25, 0.3) is 0 Å². The topological polar surface area (TPSA) is 25.8 Å². The van der Waals surface area contributed by atoms with Crippen molar-refractivity contribution in [2.24, 2.45) is 0 Å². The molecule has 2 heteroatoms. The average Bonchev–Trinajstić information content (AvgIpc) is 3.54. The molecule has 0 saturated heterocycles. The molecule has 1 aromatic heterocycles. The third kappa shape index (κ3) is 5.87. The van der Waals surface area contributed by atoms with Crippen molar-refractivity contribution in [2.75, 3.05) is 0 Å². The Balaban J connectivity index is 1.08. The minimum atomic E-state index is -0.125. The third-order valence-electron chi connectivity index (χ3n) is 12.3. The largest absolute Gasteiger partial charge is 0.228 e. The molecule has 0 radical (unpaired) electrons. The van der Waals surface area contributed by atoms with E-state index in [4.69, 9.17) is 9.97 Å². The Labute approximate surface area is 345 Å². The van der Waals surface area contributed by atoms with Crippen LogP contribution in [0.25, 0.3) is 100.0 Å². The molecule has 10 aromatic rings. The van der Waals surface area contributed by atoms with E-state index < -0.39 is 0 Å². The molecule has 0 saturated carbocycles. The minimum Gasteiger partial charge on any atom is -0.228 e. The van der Waals surface area contributed by atoms with E-state index in [1.807, 2.05) is 0 Å². The van der Waals surface area contributed by atoms with Gasteiger partial charge < -0.3 is 0 Å². The smallest absolute Gasteiger partial charge is 0.161 e. The van der Waals surface area contributed by atoms with Crippen molar-refractivity contribution in [1.82, 2.24) is 9.97 Å². The van der Waals surface area contributed by atoms with Crippen molar-refractivity contribution >= 4 is 21.5 Å². The molecule has 59 heavy (non-hydrogen) atoms. The summed E-state index contributed by atoms with van der Waals surface area (Å²) in [5.74, 6) is 0.702. The zero-order chi connectivity index (χ0) is 39.5. The summed E-state index contributed by atoms with van der Waals surface area (Å²) in [5, 5.41) is 4.90. The maximum absolute atomic E-state index is 5.44. The second-order valence-corrected chi connectivity index (χ2v) is 16.1. The van der Waals surface area contributed by atoms with E-state index in [9.17, 15) is 0 Å². The van der Waals surface area contributed by atoms with Crippen LogP contribution in [0.1, 0.15) is 25.0 Å². The maximum Gasteiger partial charge on any atom is 0.161 e. The van der Waals surface area contributed by atoms with Gasteiger partial charge in [0.1, 0.15) is 0 Å². The molecule has 0 atom stereocenters. The molecule has 0 bridgehead atoms. The summed E-state index contributed by atoms with van der Waals surface area (Å²) < 4.78 is 0. The lowest BCUT2D eigenvalue weighted by molar-refractivity contribution is 0.661. The first-order chi connectivity index (χ1) is 29.0. The van der Waals surface area contributed by atoms with E-state index >= 15 is 0 Å². The summed E-state index contributed by atoms with van der Waals surface area (Å²) in [6, 6.07) is 74.2. The van der Waals surface area contributed by atoms with Crippen LogP contribution in [0.4, 0.5) is 0 Å². The number of hydrogen-bond acceptors (Lipinski definition) is 2. The van der Waals surface area contributed by atoms with Gasteiger partial charge in [0, 0.05) is 22.1 Å². The highest BCUT2D eigenvalue weighted by Crippen LogP contribution is 2.52. The fraction of sp³-hybridized carbons (Fsp3) is 0.0526. The molecule has 0 unspecified atom stereocenters. The minimum absolute atomic E-state index is 0.125. The highest BCUT2D eigenvalue weighted by molar-refractivity contribution is 6.06. The van der Waals surface area contributed by atoms with Crippen LogP contribution in [0.5, 0.6) is 0 Å². The van der Waals surface area contributed by atoms with Crippen molar-refractivity contribution in [3.05, 3.63) is 217 Å². The van der Waals surface area contributed by atoms with Crippen LogP contribution >= 0.6 is 0 Å². The molecule has 0 fully saturated rings. The van der Waals surface area contributed by atoms with Crippen molar-refractivity contribution in [1.29, 1.82) is 0 Å². The SMILES string of the molecule is CC1(C)c2cc(-c3ccc(-c4nc(-c5ccccc5)cc(-c5ccc(-c6ccccc6)cc5-c5ccccc5)n4)c4ccccc34)ccc2-c2c1ccc1ccccc21. The summed E-state index contributed by atoms with van der Waals surface area (Å²) in [5.41, 5.74) is 17.2. The van der Waals surface area contributed by atoms with Crippen molar-refractivity contribution in [3.8, 4) is 78.4 Å². The second-order valence-electron chi connectivity index (χ2n) is 16.1. The predicted octanol–water partition coefficient (Wildman–Crippen LogP) is 15.1. The van der Waals surface area contributed by atoms with Gasteiger partial charge in [-0.2, -0.15) is 0 Å². The average molecular weight is 753 g/mol. The van der Waals surface area contributed by atoms with Gasteiger partial charge in [-0.1, -0.05) is 196 Å². The summed E-state index contributed by atoms with van der Waals surface area (Å²) >= 11 is 0. The lowest BCUT2D eigenvalue weighted by Gasteiger charge is -2.22. The fourth-order valence-electron chi connectivity index (χ4n) is 9.32. The van der Waals surface area contributed by atoms with Crippen LogP contribution in [0.2, 0.25) is 0 Å². The van der Waals surface area contributed by atoms with Gasteiger partial charge in [-0.25, -0.2) is 9.97 Å². The number of fused-ring (bicyclic) bond motifs is 6. The van der Waals surface area contributed by atoms with E-state index in [0.717, 1.165) is 44.6 Å². The van der Waals surface area contributed by atoms with E-state index in [1.165, 1.54) is 60.7 Å². The normalized spacial score (nSPS) is 12.7. The lowest BCUT2D eigenvalue weighted by atomic mass is 9.81. The van der Waals surface area contributed by atoms with Crippen LogP contribution in [0.3, 0.4) is 0 Å². The van der Waals surface area contributed by atoms with E-state index in [-0.39, 0.29) is 5.41 Å². The second kappa shape index (κ2) is 13.9. The standard InChI is InChI=1S/C57H40N2/c1-57(2)51-33-28-39-20-12-13-23-44(39)55(51)49-30-27-42(35-52(49)57)43-31-32-48(46-25-15-14-24-45(43)46)56-58-53(40-21-10-5-11-22-40)36-54(59-56)47-29-26-41(37-16-6-3-7-17-37)34-50(47)38-18-8-4-9-19-38/h3-36H,1-2H3.